The molecule has 2 atom stereocenters. The van der Waals surface area contributed by atoms with E-state index in [0.717, 1.165) is 11.3 Å². The summed E-state index contributed by atoms with van der Waals surface area (Å²) in [5, 5.41) is 21.9. The molecule has 0 N–H and O–H groups in total. The molecule has 0 saturated carbocycles. The number of hydrogen-bond donors (Lipinski definition) is 0. The highest BCUT2D eigenvalue weighted by molar-refractivity contribution is 6.06. The van der Waals surface area contributed by atoms with Gasteiger partial charge in [-0.25, -0.2) is 0 Å². The number of amides is 1. The fourth-order valence-corrected chi connectivity index (χ4v) is 3.63. The molecule has 1 aliphatic heterocycles. The molecular formula is C21H15N3O5. The lowest BCUT2D eigenvalue weighted by molar-refractivity contribution is -0.385. The van der Waals surface area contributed by atoms with E-state index in [9.17, 15) is 25.0 Å². The van der Waals surface area contributed by atoms with Gasteiger partial charge in [-0.2, -0.15) is 0 Å². The van der Waals surface area contributed by atoms with Gasteiger partial charge in [0, 0.05) is 30.0 Å². The topological polar surface area (TPSA) is 107 Å². The number of hydrogen-bond acceptors (Lipinski definition) is 5. The largest absolute Gasteiger partial charge is 0.303 e. The number of carbonyl (C=O) groups is 1. The Bertz CT molecular complexity index is 1080. The number of non-ortho nitro benzene ring substituents is 2. The van der Waals surface area contributed by atoms with Crippen LogP contribution in [0.5, 0.6) is 0 Å². The molecule has 3 aromatic rings. The van der Waals surface area contributed by atoms with Gasteiger partial charge in [-0.1, -0.05) is 42.5 Å². The summed E-state index contributed by atoms with van der Waals surface area (Å²) in [7, 11) is 0. The first-order valence-corrected chi connectivity index (χ1v) is 8.84. The van der Waals surface area contributed by atoms with E-state index in [4.69, 9.17) is 0 Å². The van der Waals surface area contributed by atoms with Crippen LogP contribution >= 0.6 is 0 Å². The van der Waals surface area contributed by atoms with Gasteiger partial charge in [0.1, 0.15) is 0 Å². The van der Waals surface area contributed by atoms with Crippen molar-refractivity contribution in [3.05, 3.63) is 110 Å². The molecule has 1 aliphatic rings. The van der Waals surface area contributed by atoms with E-state index >= 15 is 0 Å². The number of carbonyl (C=O) groups excluding carboxylic acids is 1. The predicted molar refractivity (Wildman–Crippen MR) is 106 cm³/mol. The molecule has 0 radical (unpaired) electrons. The molecule has 4 rings (SSSR count). The SMILES string of the molecule is O=C1C(c2ccc([N+](=O)[O-])cc2)C(c2ccc([N+](=O)[O-])cc2)N1c1ccccc1. The minimum Gasteiger partial charge on any atom is -0.303 e. The lowest BCUT2D eigenvalue weighted by atomic mass is 9.77. The lowest BCUT2D eigenvalue weighted by Crippen LogP contribution is -2.53. The molecule has 3 aromatic carbocycles. The normalized spacial score (nSPS) is 18.2. The van der Waals surface area contributed by atoms with Gasteiger partial charge in [0.15, 0.2) is 0 Å². The molecule has 1 fully saturated rings. The van der Waals surface area contributed by atoms with Crippen molar-refractivity contribution < 1.29 is 14.6 Å². The second-order valence-electron chi connectivity index (χ2n) is 6.66. The maximum atomic E-state index is 13.0. The van der Waals surface area contributed by atoms with Gasteiger partial charge in [0.2, 0.25) is 5.91 Å². The second-order valence-corrected chi connectivity index (χ2v) is 6.66. The number of anilines is 1. The summed E-state index contributed by atoms with van der Waals surface area (Å²) in [5.41, 5.74) is 2.06. The summed E-state index contributed by atoms with van der Waals surface area (Å²) in [4.78, 5) is 35.6. The number of nitro groups is 2. The van der Waals surface area contributed by atoms with E-state index in [1.807, 2.05) is 30.3 Å². The van der Waals surface area contributed by atoms with Crippen LogP contribution < -0.4 is 4.90 Å². The van der Waals surface area contributed by atoms with Crippen LogP contribution in [0.25, 0.3) is 0 Å². The molecule has 29 heavy (non-hydrogen) atoms. The molecule has 0 aromatic heterocycles. The van der Waals surface area contributed by atoms with Crippen molar-refractivity contribution in [1.29, 1.82) is 0 Å². The van der Waals surface area contributed by atoms with Gasteiger partial charge in [0.05, 0.1) is 21.8 Å². The maximum absolute atomic E-state index is 13.0. The van der Waals surface area contributed by atoms with Crippen LogP contribution in [0.15, 0.2) is 78.9 Å². The first-order chi connectivity index (χ1) is 14.0. The first-order valence-electron chi connectivity index (χ1n) is 8.84. The zero-order chi connectivity index (χ0) is 20.5. The number of β-lactam (4-membered cyclic amide) rings is 1. The highest BCUT2D eigenvalue weighted by Gasteiger charge is 2.49. The molecule has 144 valence electrons. The third-order valence-corrected chi connectivity index (χ3v) is 5.04. The van der Waals surface area contributed by atoms with Gasteiger partial charge < -0.3 is 4.90 Å². The van der Waals surface area contributed by atoms with Crippen LogP contribution in [0.3, 0.4) is 0 Å². The van der Waals surface area contributed by atoms with Crippen LogP contribution in [0.2, 0.25) is 0 Å². The smallest absolute Gasteiger partial charge is 0.269 e. The average molecular weight is 389 g/mol. The van der Waals surface area contributed by atoms with Crippen molar-refractivity contribution in [3.8, 4) is 0 Å². The molecule has 1 amide bonds. The van der Waals surface area contributed by atoms with Crippen LogP contribution in [0.4, 0.5) is 17.1 Å². The van der Waals surface area contributed by atoms with Gasteiger partial charge in [-0.3, -0.25) is 25.0 Å². The number of nitrogens with zero attached hydrogens (tertiary/aromatic N) is 3. The zero-order valence-corrected chi connectivity index (χ0v) is 15.0. The molecule has 0 bridgehead atoms. The Labute approximate surface area is 165 Å². The van der Waals surface area contributed by atoms with Gasteiger partial charge in [0.25, 0.3) is 11.4 Å². The van der Waals surface area contributed by atoms with Crippen molar-refractivity contribution in [2.75, 3.05) is 4.90 Å². The summed E-state index contributed by atoms with van der Waals surface area (Å²) < 4.78 is 0. The fraction of sp³-hybridized carbons (Fsp3) is 0.0952. The Kier molecular flexibility index (Phi) is 4.52. The average Bonchev–Trinajstić information content (AvgIpc) is 2.73. The Morgan fingerprint density at radius 3 is 1.66 bits per heavy atom. The molecule has 8 nitrogen and oxygen atoms in total. The summed E-state index contributed by atoms with van der Waals surface area (Å²) in [6.07, 6.45) is 0. The highest BCUT2D eigenvalue weighted by atomic mass is 16.6. The number of nitro benzene ring substituents is 2. The minimum atomic E-state index is -0.530. The van der Waals surface area contributed by atoms with E-state index in [-0.39, 0.29) is 23.3 Å². The standard InChI is InChI=1S/C21H15N3O5/c25-21-19(14-6-10-17(11-7-14)23(26)27)20(22(21)16-4-2-1-3-5-16)15-8-12-18(13-9-15)24(28)29/h1-13,19-20H. The molecule has 0 aliphatic carbocycles. The molecular weight excluding hydrogens is 374 g/mol. The Morgan fingerprint density at radius 1 is 0.690 bits per heavy atom. The van der Waals surface area contributed by atoms with Crippen molar-refractivity contribution in [1.82, 2.24) is 0 Å². The van der Waals surface area contributed by atoms with Crippen molar-refractivity contribution in [2.24, 2.45) is 0 Å². The molecule has 1 heterocycles. The van der Waals surface area contributed by atoms with Crippen molar-refractivity contribution in [3.63, 3.8) is 0 Å². The predicted octanol–water partition coefficient (Wildman–Crippen LogP) is 4.37. The summed E-state index contributed by atoms with van der Waals surface area (Å²) in [5.74, 6) is -0.661. The first kappa shape index (κ1) is 18.3. The van der Waals surface area contributed by atoms with Crippen LogP contribution in [0, 0.1) is 20.2 Å². The molecule has 1 saturated heterocycles. The Hall–Kier alpha value is -4.07. The fourth-order valence-electron chi connectivity index (χ4n) is 3.63. The van der Waals surface area contributed by atoms with Crippen LogP contribution in [0.1, 0.15) is 23.1 Å². The number of rotatable bonds is 5. The van der Waals surface area contributed by atoms with Gasteiger partial charge in [-0.15, -0.1) is 0 Å². The number of benzene rings is 3. The third-order valence-electron chi connectivity index (χ3n) is 5.04. The summed E-state index contributed by atoms with van der Waals surface area (Å²) in [6.45, 7) is 0. The molecule has 2 unspecified atom stereocenters. The number of para-hydroxylation sites is 1. The van der Waals surface area contributed by atoms with Crippen molar-refractivity contribution >= 4 is 23.0 Å². The highest BCUT2D eigenvalue weighted by Crippen LogP contribution is 2.49. The Morgan fingerprint density at radius 2 is 1.17 bits per heavy atom. The molecule has 8 heteroatoms. The minimum absolute atomic E-state index is 0.0300. The Balaban J connectivity index is 1.74. The molecule has 0 spiro atoms. The van der Waals surface area contributed by atoms with Gasteiger partial charge >= 0.3 is 0 Å². The van der Waals surface area contributed by atoms with Crippen LogP contribution in [-0.2, 0) is 4.79 Å². The van der Waals surface area contributed by atoms with E-state index in [1.54, 1.807) is 29.2 Å². The van der Waals surface area contributed by atoms with E-state index in [2.05, 4.69) is 0 Å². The zero-order valence-electron chi connectivity index (χ0n) is 15.0. The van der Waals surface area contributed by atoms with Crippen molar-refractivity contribution in [2.45, 2.75) is 12.0 Å². The summed E-state index contributed by atoms with van der Waals surface area (Å²) in [6, 6.07) is 20.8. The third kappa shape index (κ3) is 3.20. The summed E-state index contributed by atoms with van der Waals surface area (Å²) >= 11 is 0. The maximum Gasteiger partial charge on any atom is 0.269 e. The lowest BCUT2D eigenvalue weighted by Gasteiger charge is -2.47. The monoisotopic (exact) mass is 389 g/mol. The van der Waals surface area contributed by atoms with Crippen LogP contribution in [-0.4, -0.2) is 15.8 Å². The van der Waals surface area contributed by atoms with E-state index in [0.29, 0.717) is 5.56 Å². The second kappa shape index (κ2) is 7.16. The quantitative estimate of drug-likeness (QED) is 0.366. The van der Waals surface area contributed by atoms with E-state index < -0.39 is 15.8 Å². The van der Waals surface area contributed by atoms with E-state index in [1.165, 1.54) is 24.3 Å². The van der Waals surface area contributed by atoms with Gasteiger partial charge in [-0.05, 0) is 23.3 Å².